The van der Waals surface area contributed by atoms with Crippen LogP contribution in [0.25, 0.3) is 0 Å². The molecular formula is C10H16Cl2N6O4. The summed E-state index contributed by atoms with van der Waals surface area (Å²) in [5, 5.41) is 6.71. The van der Waals surface area contributed by atoms with Gasteiger partial charge >= 0.3 is 12.1 Å². The highest BCUT2D eigenvalue weighted by atomic mass is 35.5. The number of alkyl halides is 2. The van der Waals surface area contributed by atoms with Gasteiger partial charge in [-0.3, -0.25) is 0 Å². The molecule has 0 radical (unpaired) electrons. The van der Waals surface area contributed by atoms with E-state index in [1.807, 2.05) is 0 Å². The maximum absolute atomic E-state index is 12.0. The second kappa shape index (κ2) is 9.36. The number of carbonyl (C=O) groups excluding carboxylic acids is 2. The van der Waals surface area contributed by atoms with Gasteiger partial charge in [-0.2, -0.15) is 10.0 Å². The van der Waals surface area contributed by atoms with Crippen LogP contribution < -0.4 is 0 Å². The molecule has 0 saturated carbocycles. The van der Waals surface area contributed by atoms with Gasteiger partial charge in [0.25, 0.3) is 0 Å². The Labute approximate surface area is 136 Å². The number of piperazine rings is 1. The summed E-state index contributed by atoms with van der Waals surface area (Å²) >= 11 is 11.0. The van der Waals surface area contributed by atoms with Crippen molar-refractivity contribution in [3.8, 4) is 0 Å². The Morgan fingerprint density at radius 1 is 0.818 bits per heavy atom. The second-order valence-corrected chi connectivity index (χ2v) is 5.08. The molecule has 0 N–H and O–H groups in total. The molecule has 10 nitrogen and oxygen atoms in total. The van der Waals surface area contributed by atoms with Crippen LogP contribution in [-0.2, 0) is 0 Å². The summed E-state index contributed by atoms with van der Waals surface area (Å²) < 4.78 is 0. The number of amides is 4. The highest BCUT2D eigenvalue weighted by Crippen LogP contribution is 2.09. The van der Waals surface area contributed by atoms with Crippen molar-refractivity contribution >= 4 is 35.3 Å². The number of rotatable bonds is 6. The molecule has 1 fully saturated rings. The minimum Gasteiger partial charge on any atom is -0.320 e. The fourth-order valence-electron chi connectivity index (χ4n) is 1.92. The van der Waals surface area contributed by atoms with Crippen molar-refractivity contribution in [2.24, 2.45) is 10.6 Å². The van der Waals surface area contributed by atoms with Crippen molar-refractivity contribution in [2.75, 3.05) is 51.0 Å². The SMILES string of the molecule is O=NN(CCCl)C(=O)N1CCN(C(=O)N(CCCl)N=O)CC1. The Balaban J connectivity index is 2.55. The van der Waals surface area contributed by atoms with Crippen LogP contribution in [0.4, 0.5) is 9.59 Å². The topological polar surface area (TPSA) is 106 Å². The van der Waals surface area contributed by atoms with E-state index in [4.69, 9.17) is 23.2 Å². The standard InChI is InChI=1S/C10H16Cl2N6O4/c11-1-3-17(13-21)9(19)15-5-7-16(8-6-15)10(20)18(14-22)4-2-12/h1-8H2. The first-order chi connectivity index (χ1) is 10.6. The summed E-state index contributed by atoms with van der Waals surface area (Å²) in [5.74, 6) is 0.183. The zero-order valence-electron chi connectivity index (χ0n) is 11.7. The van der Waals surface area contributed by atoms with E-state index in [9.17, 15) is 19.4 Å². The van der Waals surface area contributed by atoms with Gasteiger partial charge in [-0.25, -0.2) is 9.59 Å². The van der Waals surface area contributed by atoms with E-state index in [-0.39, 0.29) is 51.0 Å². The van der Waals surface area contributed by atoms with Crippen LogP contribution >= 0.6 is 23.2 Å². The molecule has 124 valence electrons. The van der Waals surface area contributed by atoms with Crippen molar-refractivity contribution in [1.82, 2.24) is 19.8 Å². The molecule has 0 atom stereocenters. The lowest BCUT2D eigenvalue weighted by Gasteiger charge is -2.36. The van der Waals surface area contributed by atoms with Crippen LogP contribution in [0.15, 0.2) is 10.6 Å². The van der Waals surface area contributed by atoms with Gasteiger partial charge in [0.05, 0.1) is 23.7 Å². The smallest absolute Gasteiger partial charge is 0.320 e. The van der Waals surface area contributed by atoms with Crippen molar-refractivity contribution in [3.05, 3.63) is 9.81 Å². The number of hydrogen-bond donors (Lipinski definition) is 0. The van der Waals surface area contributed by atoms with Gasteiger partial charge in [0.15, 0.2) is 0 Å². The first kappa shape index (κ1) is 18.4. The lowest BCUT2D eigenvalue weighted by Crippen LogP contribution is -2.55. The van der Waals surface area contributed by atoms with Crippen molar-refractivity contribution in [3.63, 3.8) is 0 Å². The number of nitrogens with zero attached hydrogens (tertiary/aromatic N) is 6. The van der Waals surface area contributed by atoms with Gasteiger partial charge in [0, 0.05) is 37.9 Å². The fourth-order valence-corrected chi connectivity index (χ4v) is 2.24. The first-order valence-corrected chi connectivity index (χ1v) is 7.57. The molecule has 0 spiro atoms. The highest BCUT2D eigenvalue weighted by molar-refractivity contribution is 6.18. The molecule has 1 aliphatic rings. The van der Waals surface area contributed by atoms with Crippen LogP contribution in [0, 0.1) is 9.81 Å². The lowest BCUT2D eigenvalue weighted by atomic mass is 10.3. The average molecular weight is 355 g/mol. The number of halogens is 2. The van der Waals surface area contributed by atoms with Gasteiger partial charge in [-0.1, -0.05) is 0 Å². The van der Waals surface area contributed by atoms with Crippen LogP contribution in [0.2, 0.25) is 0 Å². The molecule has 4 amide bonds. The molecule has 1 heterocycles. The predicted molar refractivity (Wildman–Crippen MR) is 80.4 cm³/mol. The van der Waals surface area contributed by atoms with Crippen molar-refractivity contribution in [1.29, 1.82) is 0 Å². The van der Waals surface area contributed by atoms with Crippen LogP contribution in [0.3, 0.4) is 0 Å². The first-order valence-electron chi connectivity index (χ1n) is 6.50. The van der Waals surface area contributed by atoms with E-state index in [0.29, 0.717) is 0 Å². The Morgan fingerprint density at radius 2 is 1.14 bits per heavy atom. The van der Waals surface area contributed by atoms with Gasteiger partial charge < -0.3 is 9.80 Å². The van der Waals surface area contributed by atoms with Gasteiger partial charge in [0.1, 0.15) is 0 Å². The quantitative estimate of drug-likeness (QED) is 0.406. The van der Waals surface area contributed by atoms with Gasteiger partial charge in [-0.15, -0.1) is 33.0 Å². The summed E-state index contributed by atoms with van der Waals surface area (Å²) in [5.41, 5.74) is 0. The molecule has 0 aliphatic carbocycles. The molecular weight excluding hydrogens is 339 g/mol. The summed E-state index contributed by atoms with van der Waals surface area (Å²) in [6, 6.07) is -1.12. The van der Waals surface area contributed by atoms with Crippen LogP contribution in [0.1, 0.15) is 0 Å². The van der Waals surface area contributed by atoms with Gasteiger partial charge in [-0.05, 0) is 0 Å². The Bertz CT molecular complexity index is 380. The summed E-state index contributed by atoms with van der Waals surface area (Å²) in [7, 11) is 0. The van der Waals surface area contributed by atoms with Crippen LogP contribution in [0.5, 0.6) is 0 Å². The number of urea groups is 2. The third kappa shape index (κ3) is 4.67. The number of hydrogen-bond acceptors (Lipinski definition) is 6. The van der Waals surface area contributed by atoms with Crippen molar-refractivity contribution in [2.45, 2.75) is 0 Å². The number of nitroso groups, excluding NO2 is 2. The Kier molecular flexibility index (Phi) is 7.82. The minimum absolute atomic E-state index is 0.0155. The molecule has 1 aliphatic heterocycles. The fraction of sp³-hybridized carbons (Fsp3) is 0.800. The Morgan fingerprint density at radius 3 is 1.36 bits per heavy atom. The largest absolute Gasteiger partial charge is 0.343 e. The summed E-state index contributed by atoms with van der Waals surface area (Å²) in [4.78, 5) is 47.9. The van der Waals surface area contributed by atoms with E-state index in [1.54, 1.807) is 0 Å². The minimum atomic E-state index is -0.561. The van der Waals surface area contributed by atoms with Gasteiger partial charge in [0.2, 0.25) is 0 Å². The second-order valence-electron chi connectivity index (χ2n) is 4.33. The summed E-state index contributed by atoms with van der Waals surface area (Å²) in [6.07, 6.45) is 0. The molecule has 12 heteroatoms. The van der Waals surface area contributed by atoms with E-state index in [2.05, 4.69) is 10.6 Å². The van der Waals surface area contributed by atoms with Crippen molar-refractivity contribution < 1.29 is 9.59 Å². The average Bonchev–Trinajstić information content (AvgIpc) is 2.56. The molecule has 1 rings (SSSR count). The number of carbonyl (C=O) groups is 2. The lowest BCUT2D eigenvalue weighted by molar-refractivity contribution is 0.106. The predicted octanol–water partition coefficient (Wildman–Crippen LogP) is 1.29. The third-order valence-corrected chi connectivity index (χ3v) is 3.39. The monoisotopic (exact) mass is 354 g/mol. The highest BCUT2D eigenvalue weighted by Gasteiger charge is 2.29. The molecule has 0 unspecified atom stereocenters. The zero-order valence-corrected chi connectivity index (χ0v) is 13.2. The molecule has 0 aromatic heterocycles. The van der Waals surface area contributed by atoms with E-state index >= 15 is 0 Å². The Hall–Kier alpha value is -1.68. The molecule has 1 saturated heterocycles. The molecule has 0 aromatic rings. The maximum Gasteiger partial charge on any atom is 0.343 e. The normalized spacial score (nSPS) is 14.5. The molecule has 0 aromatic carbocycles. The van der Waals surface area contributed by atoms with E-state index in [0.717, 1.165) is 10.0 Å². The molecule has 22 heavy (non-hydrogen) atoms. The summed E-state index contributed by atoms with van der Waals surface area (Å²) in [6.45, 7) is 0.890. The molecule has 0 bridgehead atoms. The van der Waals surface area contributed by atoms with E-state index < -0.39 is 12.1 Å². The van der Waals surface area contributed by atoms with E-state index in [1.165, 1.54) is 9.80 Å². The maximum atomic E-state index is 12.0. The third-order valence-electron chi connectivity index (χ3n) is 3.05. The van der Waals surface area contributed by atoms with Crippen LogP contribution in [-0.4, -0.2) is 82.9 Å². The zero-order chi connectivity index (χ0) is 16.5.